The van der Waals surface area contributed by atoms with E-state index in [4.69, 9.17) is 0 Å². The Kier molecular flexibility index (Phi) is 4.43. The first-order valence-corrected chi connectivity index (χ1v) is 6.26. The van der Waals surface area contributed by atoms with Gasteiger partial charge in [-0.1, -0.05) is 22.9 Å². The zero-order chi connectivity index (χ0) is 8.97. The van der Waals surface area contributed by atoms with Crippen molar-refractivity contribution in [1.82, 2.24) is 5.32 Å². The van der Waals surface area contributed by atoms with Gasteiger partial charge in [0, 0.05) is 23.0 Å². The summed E-state index contributed by atoms with van der Waals surface area (Å²) in [5.74, 6) is 2.64. The minimum atomic E-state index is 0.228. The van der Waals surface area contributed by atoms with Crippen LogP contribution in [-0.2, 0) is 4.79 Å². The Morgan fingerprint density at radius 1 is 1.83 bits per heavy atom. The molecular weight excluding hydrogens is 238 g/mol. The summed E-state index contributed by atoms with van der Waals surface area (Å²) in [5.41, 5.74) is 0. The van der Waals surface area contributed by atoms with Gasteiger partial charge in [-0.15, -0.1) is 0 Å². The van der Waals surface area contributed by atoms with Gasteiger partial charge in [-0.05, 0) is 12.2 Å². The molecule has 0 bridgehead atoms. The van der Waals surface area contributed by atoms with Gasteiger partial charge in [0.1, 0.15) is 0 Å². The lowest BCUT2D eigenvalue weighted by Gasteiger charge is -2.10. The number of hydrogen-bond donors (Lipinski definition) is 1. The first kappa shape index (κ1) is 10.4. The van der Waals surface area contributed by atoms with Crippen LogP contribution < -0.4 is 5.32 Å². The fraction of sp³-hybridized carbons (Fsp3) is 0.875. The molecule has 1 amide bonds. The molecule has 4 heteroatoms. The predicted molar refractivity (Wildman–Crippen MR) is 56.8 cm³/mol. The summed E-state index contributed by atoms with van der Waals surface area (Å²) in [7, 11) is 0. The number of thioether (sulfide) groups is 1. The third-order valence-corrected chi connectivity index (χ3v) is 3.34. The van der Waals surface area contributed by atoms with Crippen LogP contribution in [0.1, 0.15) is 13.3 Å². The Labute approximate surface area is 86.0 Å². The lowest BCUT2D eigenvalue weighted by atomic mass is 10.1. The highest BCUT2D eigenvalue weighted by Gasteiger charge is 2.22. The van der Waals surface area contributed by atoms with Crippen molar-refractivity contribution in [2.45, 2.75) is 18.2 Å². The van der Waals surface area contributed by atoms with Gasteiger partial charge < -0.3 is 5.32 Å². The molecule has 0 saturated carbocycles. The van der Waals surface area contributed by atoms with Gasteiger partial charge >= 0.3 is 0 Å². The molecule has 2 atom stereocenters. The number of hydrogen-bond acceptors (Lipinski definition) is 2. The molecule has 0 aliphatic carbocycles. The van der Waals surface area contributed by atoms with E-state index in [1.165, 1.54) is 0 Å². The van der Waals surface area contributed by atoms with Crippen LogP contribution in [0.15, 0.2) is 0 Å². The van der Waals surface area contributed by atoms with Crippen molar-refractivity contribution >= 4 is 33.6 Å². The van der Waals surface area contributed by atoms with Gasteiger partial charge in [-0.25, -0.2) is 0 Å². The maximum atomic E-state index is 11.4. The third kappa shape index (κ3) is 3.35. The van der Waals surface area contributed by atoms with Crippen LogP contribution >= 0.6 is 27.7 Å². The molecular formula is C8H14BrNOS. The normalized spacial score (nSPS) is 25.3. The predicted octanol–water partition coefficient (Wildman–Crippen LogP) is 1.64. The number of amides is 1. The molecule has 0 aromatic carbocycles. The van der Waals surface area contributed by atoms with Gasteiger partial charge in [-0.3, -0.25) is 4.79 Å². The fourth-order valence-electron chi connectivity index (χ4n) is 1.13. The largest absolute Gasteiger partial charge is 0.355 e. The second-order valence-corrected chi connectivity index (χ2v) is 5.80. The minimum absolute atomic E-state index is 0.228. The highest BCUT2D eigenvalue weighted by atomic mass is 79.9. The van der Waals surface area contributed by atoms with E-state index < -0.39 is 0 Å². The maximum Gasteiger partial charge on any atom is 0.224 e. The molecule has 0 radical (unpaired) electrons. The quantitative estimate of drug-likeness (QED) is 0.774. The molecule has 0 aromatic rings. The topological polar surface area (TPSA) is 29.1 Å². The van der Waals surface area contributed by atoms with Gasteiger partial charge in [0.05, 0.1) is 0 Å². The second kappa shape index (κ2) is 5.12. The molecule has 0 spiro atoms. The Morgan fingerprint density at radius 3 is 3.08 bits per heavy atom. The van der Waals surface area contributed by atoms with E-state index in [0.29, 0.717) is 4.83 Å². The van der Waals surface area contributed by atoms with Crippen LogP contribution in [0, 0.1) is 5.92 Å². The number of alkyl halides is 1. The Hall–Kier alpha value is 0.300. The van der Waals surface area contributed by atoms with E-state index in [-0.39, 0.29) is 11.8 Å². The maximum absolute atomic E-state index is 11.4. The van der Waals surface area contributed by atoms with Gasteiger partial charge in [0.2, 0.25) is 5.91 Å². The number of rotatable bonds is 3. The lowest BCUT2D eigenvalue weighted by Crippen LogP contribution is -2.33. The molecule has 1 heterocycles. The minimum Gasteiger partial charge on any atom is -0.355 e. The average molecular weight is 252 g/mol. The molecule has 1 saturated heterocycles. The summed E-state index contributed by atoms with van der Waals surface area (Å²) in [5, 5.41) is 2.92. The van der Waals surface area contributed by atoms with Crippen molar-refractivity contribution in [3.05, 3.63) is 0 Å². The van der Waals surface area contributed by atoms with E-state index in [0.717, 1.165) is 24.5 Å². The zero-order valence-corrected chi connectivity index (χ0v) is 9.58. The highest BCUT2D eigenvalue weighted by molar-refractivity contribution is 9.09. The summed E-state index contributed by atoms with van der Waals surface area (Å²) in [6, 6.07) is 0. The number of carbonyl (C=O) groups excluding carboxylic acids is 1. The van der Waals surface area contributed by atoms with Crippen LogP contribution in [0.25, 0.3) is 0 Å². The van der Waals surface area contributed by atoms with E-state index >= 15 is 0 Å². The molecule has 1 aliphatic heterocycles. The van der Waals surface area contributed by atoms with Gasteiger partial charge in [0.15, 0.2) is 0 Å². The molecule has 1 N–H and O–H groups in total. The van der Waals surface area contributed by atoms with Crippen molar-refractivity contribution in [1.29, 1.82) is 0 Å². The highest BCUT2D eigenvalue weighted by Crippen LogP contribution is 2.23. The Bertz CT molecular complexity index is 157. The molecule has 2 unspecified atom stereocenters. The molecule has 1 aliphatic rings. The Balaban J connectivity index is 2.18. The Morgan fingerprint density at radius 2 is 2.58 bits per heavy atom. The van der Waals surface area contributed by atoms with Gasteiger partial charge in [-0.2, -0.15) is 11.8 Å². The van der Waals surface area contributed by atoms with Crippen molar-refractivity contribution in [3.63, 3.8) is 0 Å². The average Bonchev–Trinajstić information content (AvgIpc) is 2.51. The summed E-state index contributed by atoms with van der Waals surface area (Å²) in [6.45, 7) is 2.77. The van der Waals surface area contributed by atoms with Gasteiger partial charge in [0.25, 0.3) is 0 Å². The summed E-state index contributed by atoms with van der Waals surface area (Å²) < 4.78 is 0. The molecule has 2 nitrogen and oxygen atoms in total. The van der Waals surface area contributed by atoms with Crippen LogP contribution in [0.2, 0.25) is 0 Å². The monoisotopic (exact) mass is 251 g/mol. The molecule has 70 valence electrons. The fourth-order valence-corrected chi connectivity index (χ4v) is 2.51. The van der Waals surface area contributed by atoms with E-state index in [9.17, 15) is 4.79 Å². The first-order valence-electron chi connectivity index (χ1n) is 4.19. The van der Waals surface area contributed by atoms with Crippen molar-refractivity contribution in [2.24, 2.45) is 5.92 Å². The van der Waals surface area contributed by atoms with E-state index in [1.54, 1.807) is 0 Å². The number of carbonyl (C=O) groups is 1. The van der Waals surface area contributed by atoms with Crippen molar-refractivity contribution in [3.8, 4) is 0 Å². The van der Waals surface area contributed by atoms with E-state index in [2.05, 4.69) is 21.2 Å². The zero-order valence-electron chi connectivity index (χ0n) is 7.18. The molecule has 1 fully saturated rings. The third-order valence-electron chi connectivity index (χ3n) is 1.86. The second-order valence-electron chi connectivity index (χ2n) is 3.09. The standard InChI is InChI=1S/C8H14BrNOS/c1-6(9)4-10-8(11)7-2-3-12-5-7/h6-7H,2-5H2,1H3,(H,10,11). The lowest BCUT2D eigenvalue weighted by molar-refractivity contribution is -0.124. The summed E-state index contributed by atoms with van der Waals surface area (Å²) in [6.07, 6.45) is 1.05. The first-order chi connectivity index (χ1) is 5.70. The van der Waals surface area contributed by atoms with Crippen molar-refractivity contribution < 1.29 is 4.79 Å². The smallest absolute Gasteiger partial charge is 0.224 e. The van der Waals surface area contributed by atoms with Crippen LogP contribution in [0.4, 0.5) is 0 Å². The molecule has 0 aromatic heterocycles. The van der Waals surface area contributed by atoms with Crippen molar-refractivity contribution in [2.75, 3.05) is 18.1 Å². The van der Waals surface area contributed by atoms with E-state index in [1.807, 2.05) is 18.7 Å². The van der Waals surface area contributed by atoms with Crippen LogP contribution in [0.3, 0.4) is 0 Å². The van der Waals surface area contributed by atoms with Crippen LogP contribution in [-0.4, -0.2) is 28.8 Å². The van der Waals surface area contributed by atoms with Crippen LogP contribution in [0.5, 0.6) is 0 Å². The number of halogens is 1. The number of nitrogens with one attached hydrogen (secondary N) is 1. The molecule has 1 rings (SSSR count). The molecule has 12 heavy (non-hydrogen) atoms. The summed E-state index contributed by atoms with van der Waals surface area (Å²) >= 11 is 5.26. The summed E-state index contributed by atoms with van der Waals surface area (Å²) in [4.78, 5) is 11.8. The SMILES string of the molecule is CC(Br)CNC(=O)C1CCSC1.